The van der Waals surface area contributed by atoms with Gasteiger partial charge in [0.1, 0.15) is 11.5 Å². The molecule has 24 heavy (non-hydrogen) atoms. The van der Waals surface area contributed by atoms with Crippen LogP contribution in [0.25, 0.3) is 0 Å². The van der Waals surface area contributed by atoms with E-state index in [9.17, 15) is 4.79 Å². The molecule has 0 radical (unpaired) electrons. The fourth-order valence-electron chi connectivity index (χ4n) is 6.73. The first-order valence-corrected chi connectivity index (χ1v) is 9.62. The molecule has 2 nitrogen and oxygen atoms in total. The zero-order valence-electron chi connectivity index (χ0n) is 15.6. The normalized spacial score (nSPS) is 40.7. The van der Waals surface area contributed by atoms with Gasteiger partial charge in [-0.05, 0) is 78.5 Å². The summed E-state index contributed by atoms with van der Waals surface area (Å²) < 4.78 is 5.45. The van der Waals surface area contributed by atoms with Gasteiger partial charge in [0.25, 0.3) is 0 Å². The Bertz CT molecular complexity index is 693. The number of hydrogen-bond donors (Lipinski definition) is 0. The number of fused-ring (bicyclic) bond motifs is 5. The summed E-state index contributed by atoms with van der Waals surface area (Å²) in [5.74, 6) is 2.08. The Hall–Kier alpha value is -1.31. The topological polar surface area (TPSA) is 26.3 Å². The number of benzene rings is 1. The van der Waals surface area contributed by atoms with Crippen LogP contribution in [0.1, 0.15) is 70.4 Å². The lowest BCUT2D eigenvalue weighted by Crippen LogP contribution is -2.58. The van der Waals surface area contributed by atoms with Crippen LogP contribution in [0.2, 0.25) is 0 Å². The number of methoxy groups -OCH3 is 1. The van der Waals surface area contributed by atoms with Crippen molar-refractivity contribution in [3.05, 3.63) is 29.3 Å². The Morgan fingerprint density at radius 3 is 2.67 bits per heavy atom. The van der Waals surface area contributed by atoms with Gasteiger partial charge in [0.05, 0.1) is 7.11 Å². The van der Waals surface area contributed by atoms with Crippen LogP contribution in [-0.2, 0) is 16.6 Å². The number of rotatable bonds is 2. The standard InChI is InChI=1S/C22H30O2/c1-5-22-13-12-20(2)17-7-6-16(24-4)14-15(17)10-11-21(20,3)18(22)8-9-19(22)23/h6-7,14,18H,5,8-13H2,1-4H3/t18?,20-,21-,22+/m1/s1. The van der Waals surface area contributed by atoms with Gasteiger partial charge in [-0.25, -0.2) is 0 Å². The lowest BCUT2D eigenvalue weighted by atomic mass is 9.41. The minimum absolute atomic E-state index is 0.0295. The van der Waals surface area contributed by atoms with E-state index in [1.54, 1.807) is 7.11 Å². The number of carbonyl (C=O) groups excluding carboxylic acids is 1. The lowest BCUT2D eigenvalue weighted by Gasteiger charge is -2.62. The molecule has 0 aromatic heterocycles. The molecule has 2 heteroatoms. The Labute approximate surface area is 146 Å². The minimum atomic E-state index is -0.0295. The molecule has 2 saturated carbocycles. The van der Waals surface area contributed by atoms with Crippen LogP contribution in [0.3, 0.4) is 0 Å². The summed E-state index contributed by atoms with van der Waals surface area (Å²) in [7, 11) is 1.75. The molecule has 1 aromatic rings. The minimum Gasteiger partial charge on any atom is -0.497 e. The number of ketones is 1. The highest BCUT2D eigenvalue weighted by Gasteiger charge is 2.65. The van der Waals surface area contributed by atoms with Gasteiger partial charge in [0, 0.05) is 11.8 Å². The van der Waals surface area contributed by atoms with Crippen molar-refractivity contribution < 1.29 is 9.53 Å². The average Bonchev–Trinajstić information content (AvgIpc) is 2.94. The summed E-state index contributed by atoms with van der Waals surface area (Å²) in [6.07, 6.45) is 7.46. The number of Topliss-reactive ketones (excluding diaryl/α,β-unsaturated/α-hetero) is 1. The molecule has 0 saturated heterocycles. The molecule has 3 aliphatic carbocycles. The van der Waals surface area contributed by atoms with Crippen LogP contribution in [0.15, 0.2) is 18.2 Å². The second kappa shape index (κ2) is 5.09. The van der Waals surface area contributed by atoms with Gasteiger partial charge in [-0.1, -0.05) is 26.8 Å². The molecule has 0 heterocycles. The zero-order chi connectivity index (χ0) is 17.2. The van der Waals surface area contributed by atoms with Gasteiger partial charge in [-0.15, -0.1) is 0 Å². The third-order valence-electron chi connectivity index (χ3n) is 8.43. The highest BCUT2D eigenvalue weighted by atomic mass is 16.5. The first kappa shape index (κ1) is 16.2. The van der Waals surface area contributed by atoms with Crippen molar-refractivity contribution in [2.45, 2.75) is 71.1 Å². The third-order valence-corrected chi connectivity index (χ3v) is 8.43. The molecule has 4 rings (SSSR count). The second-order valence-corrected chi connectivity index (χ2v) is 8.80. The number of aryl methyl sites for hydroxylation is 1. The van der Waals surface area contributed by atoms with Crippen LogP contribution < -0.4 is 4.74 Å². The fraction of sp³-hybridized carbons (Fsp3) is 0.682. The molecular weight excluding hydrogens is 296 g/mol. The molecule has 1 unspecified atom stereocenters. The number of ether oxygens (including phenoxy) is 1. The average molecular weight is 326 g/mol. The quantitative estimate of drug-likeness (QED) is 0.758. The maximum Gasteiger partial charge on any atom is 0.139 e. The molecule has 130 valence electrons. The highest BCUT2D eigenvalue weighted by molar-refractivity contribution is 5.87. The monoisotopic (exact) mass is 326 g/mol. The van der Waals surface area contributed by atoms with Gasteiger partial charge in [-0.3, -0.25) is 4.79 Å². The molecule has 0 spiro atoms. The predicted octanol–water partition coefficient (Wildman–Crippen LogP) is 5.07. The summed E-state index contributed by atoms with van der Waals surface area (Å²) in [5, 5.41) is 0. The van der Waals surface area contributed by atoms with E-state index in [0.717, 1.165) is 44.3 Å². The van der Waals surface area contributed by atoms with Crippen molar-refractivity contribution in [1.29, 1.82) is 0 Å². The Balaban J connectivity index is 1.84. The van der Waals surface area contributed by atoms with Crippen molar-refractivity contribution >= 4 is 5.78 Å². The molecule has 2 fully saturated rings. The SMILES string of the molecule is CC[C@]12CC[C@]3(C)c4ccc(OC)cc4CC[C@]3(C)C1CCC2=O. The van der Waals surface area contributed by atoms with Crippen LogP contribution in [0.4, 0.5) is 0 Å². The van der Waals surface area contributed by atoms with E-state index in [4.69, 9.17) is 4.74 Å². The lowest BCUT2D eigenvalue weighted by molar-refractivity contribution is -0.138. The first-order valence-electron chi connectivity index (χ1n) is 9.62. The first-order chi connectivity index (χ1) is 11.4. The van der Waals surface area contributed by atoms with E-state index in [-0.39, 0.29) is 16.2 Å². The van der Waals surface area contributed by atoms with Crippen molar-refractivity contribution in [1.82, 2.24) is 0 Å². The molecule has 3 aliphatic rings. The van der Waals surface area contributed by atoms with Gasteiger partial charge < -0.3 is 4.74 Å². The van der Waals surface area contributed by atoms with Crippen molar-refractivity contribution in [3.8, 4) is 5.75 Å². The van der Waals surface area contributed by atoms with Crippen LogP contribution in [-0.4, -0.2) is 12.9 Å². The second-order valence-electron chi connectivity index (χ2n) is 8.80. The Morgan fingerprint density at radius 2 is 1.96 bits per heavy atom. The van der Waals surface area contributed by atoms with Crippen LogP contribution in [0, 0.1) is 16.7 Å². The van der Waals surface area contributed by atoms with E-state index in [1.165, 1.54) is 17.5 Å². The van der Waals surface area contributed by atoms with E-state index in [1.807, 2.05) is 0 Å². The van der Waals surface area contributed by atoms with Gasteiger partial charge >= 0.3 is 0 Å². The molecule has 0 N–H and O–H groups in total. The van der Waals surface area contributed by atoms with Gasteiger partial charge in [0.2, 0.25) is 0 Å². The maximum atomic E-state index is 12.8. The van der Waals surface area contributed by atoms with E-state index >= 15 is 0 Å². The van der Waals surface area contributed by atoms with Gasteiger partial charge in [0.15, 0.2) is 0 Å². The van der Waals surface area contributed by atoms with Crippen molar-refractivity contribution in [2.24, 2.45) is 16.7 Å². The Morgan fingerprint density at radius 1 is 1.17 bits per heavy atom. The highest BCUT2D eigenvalue weighted by Crippen LogP contribution is 2.69. The van der Waals surface area contributed by atoms with E-state index < -0.39 is 0 Å². The van der Waals surface area contributed by atoms with E-state index in [2.05, 4.69) is 39.0 Å². The molecule has 0 aliphatic heterocycles. The smallest absolute Gasteiger partial charge is 0.139 e. The summed E-state index contributed by atoms with van der Waals surface area (Å²) in [5.41, 5.74) is 3.36. The fourth-order valence-corrected chi connectivity index (χ4v) is 6.73. The molecule has 4 atom stereocenters. The summed E-state index contributed by atoms with van der Waals surface area (Å²) in [6.45, 7) is 7.21. The molecule has 0 bridgehead atoms. The largest absolute Gasteiger partial charge is 0.497 e. The summed E-state index contributed by atoms with van der Waals surface area (Å²) in [6, 6.07) is 6.67. The zero-order valence-corrected chi connectivity index (χ0v) is 15.6. The summed E-state index contributed by atoms with van der Waals surface area (Å²) >= 11 is 0. The van der Waals surface area contributed by atoms with Gasteiger partial charge in [-0.2, -0.15) is 0 Å². The molecular formula is C22H30O2. The van der Waals surface area contributed by atoms with Crippen molar-refractivity contribution in [3.63, 3.8) is 0 Å². The third kappa shape index (κ3) is 1.75. The molecule has 1 aromatic carbocycles. The number of carbonyl (C=O) groups is 1. The van der Waals surface area contributed by atoms with Crippen LogP contribution in [0.5, 0.6) is 5.75 Å². The number of hydrogen-bond acceptors (Lipinski definition) is 2. The van der Waals surface area contributed by atoms with Crippen molar-refractivity contribution in [2.75, 3.05) is 7.11 Å². The molecule has 0 amide bonds. The predicted molar refractivity (Wildman–Crippen MR) is 96.5 cm³/mol. The maximum absolute atomic E-state index is 12.8. The van der Waals surface area contributed by atoms with E-state index in [0.29, 0.717) is 11.7 Å². The Kier molecular flexibility index (Phi) is 3.43. The van der Waals surface area contributed by atoms with Crippen LogP contribution >= 0.6 is 0 Å². The summed E-state index contributed by atoms with van der Waals surface area (Å²) in [4.78, 5) is 12.8.